The molecule has 0 aliphatic carbocycles. The van der Waals surface area contributed by atoms with E-state index < -0.39 is 28.0 Å². The third-order valence-corrected chi connectivity index (χ3v) is 6.55. The van der Waals surface area contributed by atoms with Crippen LogP contribution in [0.1, 0.15) is 25.8 Å². The van der Waals surface area contributed by atoms with E-state index in [0.29, 0.717) is 5.69 Å². The number of hydrogen-bond donors (Lipinski definition) is 2. The molecule has 1 unspecified atom stereocenters. The van der Waals surface area contributed by atoms with Gasteiger partial charge in [0.15, 0.2) is 6.10 Å². The van der Waals surface area contributed by atoms with Crippen LogP contribution in [0.15, 0.2) is 46.0 Å². The lowest BCUT2D eigenvalue weighted by Crippen LogP contribution is -2.32. The third kappa shape index (κ3) is 6.46. The lowest BCUT2D eigenvalue weighted by molar-refractivity contribution is -0.152. The molecule has 2 N–H and O–H groups in total. The minimum Gasteiger partial charge on any atom is -0.452 e. The maximum Gasteiger partial charge on any atom is 0.307 e. The second kappa shape index (κ2) is 9.63. The molecule has 9 heteroatoms. The Morgan fingerprint density at radius 3 is 2.48 bits per heavy atom. The van der Waals surface area contributed by atoms with Gasteiger partial charge in [0.1, 0.15) is 4.21 Å². The maximum atomic E-state index is 12.1. The summed E-state index contributed by atoms with van der Waals surface area (Å²) in [4.78, 5) is 23.9. The number of nitrogens with one attached hydrogen (secondary N) is 2. The smallest absolute Gasteiger partial charge is 0.307 e. The summed E-state index contributed by atoms with van der Waals surface area (Å²) in [6.07, 6.45) is -0.261. The van der Waals surface area contributed by atoms with Gasteiger partial charge in [-0.2, -0.15) is 0 Å². The first-order valence-electron chi connectivity index (χ1n) is 8.44. The molecule has 7 nitrogen and oxygen atoms in total. The van der Waals surface area contributed by atoms with E-state index in [1.165, 1.54) is 13.0 Å². The van der Waals surface area contributed by atoms with E-state index >= 15 is 0 Å². The molecule has 2 aromatic rings. The van der Waals surface area contributed by atoms with Crippen LogP contribution in [-0.4, -0.2) is 32.9 Å². The molecule has 0 radical (unpaired) electrons. The Balaban J connectivity index is 1.76. The summed E-state index contributed by atoms with van der Waals surface area (Å²) < 4.78 is 31.4. The SMILES string of the molecule is CCc1ccc(NC(=O)C(C)OC(=O)CCNS(=O)(=O)c2cccs2)cc1. The highest BCUT2D eigenvalue weighted by molar-refractivity contribution is 7.91. The molecule has 0 saturated carbocycles. The van der Waals surface area contributed by atoms with Gasteiger partial charge in [-0.25, -0.2) is 13.1 Å². The van der Waals surface area contributed by atoms with Crippen molar-refractivity contribution < 1.29 is 22.7 Å². The van der Waals surface area contributed by atoms with Crippen molar-refractivity contribution in [3.05, 3.63) is 47.3 Å². The predicted octanol–water partition coefficient (Wildman–Crippen LogP) is 2.55. The number of carbonyl (C=O) groups is 2. The van der Waals surface area contributed by atoms with Crippen molar-refractivity contribution in [2.45, 2.75) is 37.0 Å². The standard InChI is InChI=1S/C18H22N2O5S2/c1-3-14-6-8-15(9-7-14)20-18(22)13(2)25-16(21)10-11-19-27(23,24)17-5-4-12-26-17/h4-9,12-13,19H,3,10-11H2,1-2H3,(H,20,22). The molecule has 0 fully saturated rings. The summed E-state index contributed by atoms with van der Waals surface area (Å²) in [5.74, 6) is -1.11. The van der Waals surface area contributed by atoms with Gasteiger partial charge in [-0.05, 0) is 42.5 Å². The van der Waals surface area contributed by atoms with Gasteiger partial charge in [-0.15, -0.1) is 11.3 Å². The van der Waals surface area contributed by atoms with Crippen LogP contribution < -0.4 is 10.0 Å². The Morgan fingerprint density at radius 2 is 1.89 bits per heavy atom. The normalized spacial score (nSPS) is 12.4. The van der Waals surface area contributed by atoms with Gasteiger partial charge in [0.2, 0.25) is 10.0 Å². The summed E-state index contributed by atoms with van der Waals surface area (Å²) in [6.45, 7) is 3.39. The Bertz CT molecular complexity index is 862. The minimum atomic E-state index is -3.62. The maximum absolute atomic E-state index is 12.1. The quantitative estimate of drug-likeness (QED) is 0.619. The van der Waals surface area contributed by atoms with Crippen molar-refractivity contribution >= 4 is 38.9 Å². The molecule has 1 amide bonds. The van der Waals surface area contributed by atoms with Crippen LogP contribution in [0.4, 0.5) is 5.69 Å². The summed E-state index contributed by atoms with van der Waals surface area (Å²) in [7, 11) is -3.62. The van der Waals surface area contributed by atoms with Crippen LogP contribution in [0, 0.1) is 0 Å². The van der Waals surface area contributed by atoms with Crippen LogP contribution in [0.3, 0.4) is 0 Å². The van der Waals surface area contributed by atoms with Crippen LogP contribution in [0.25, 0.3) is 0 Å². The summed E-state index contributed by atoms with van der Waals surface area (Å²) >= 11 is 1.09. The molecule has 0 saturated heterocycles. The zero-order chi connectivity index (χ0) is 19.9. The van der Waals surface area contributed by atoms with Crippen LogP contribution in [0.5, 0.6) is 0 Å². The third-order valence-electron chi connectivity index (χ3n) is 3.69. The molecule has 2 rings (SSSR count). The van der Waals surface area contributed by atoms with Crippen LogP contribution in [0.2, 0.25) is 0 Å². The van der Waals surface area contributed by atoms with Gasteiger partial charge in [0, 0.05) is 12.2 Å². The van der Waals surface area contributed by atoms with Crippen LogP contribution >= 0.6 is 11.3 Å². The van der Waals surface area contributed by atoms with Gasteiger partial charge in [-0.3, -0.25) is 9.59 Å². The summed E-state index contributed by atoms with van der Waals surface area (Å²) in [5.41, 5.74) is 1.77. The van der Waals surface area contributed by atoms with E-state index in [-0.39, 0.29) is 17.2 Å². The minimum absolute atomic E-state index is 0.105. The van der Waals surface area contributed by atoms with E-state index in [1.807, 2.05) is 19.1 Å². The highest BCUT2D eigenvalue weighted by Crippen LogP contribution is 2.15. The topological polar surface area (TPSA) is 102 Å². The number of ether oxygens (including phenoxy) is 1. The highest BCUT2D eigenvalue weighted by Gasteiger charge is 2.19. The molecule has 0 aliphatic heterocycles. The second-order valence-corrected chi connectivity index (χ2v) is 8.69. The van der Waals surface area contributed by atoms with Crippen molar-refractivity contribution in [1.29, 1.82) is 0 Å². The first kappa shape index (κ1) is 21.1. The number of hydrogen-bond acceptors (Lipinski definition) is 6. The molecule has 1 heterocycles. The molecule has 1 atom stereocenters. The van der Waals surface area contributed by atoms with Gasteiger partial charge in [-0.1, -0.05) is 25.1 Å². The van der Waals surface area contributed by atoms with Gasteiger partial charge >= 0.3 is 5.97 Å². The average Bonchev–Trinajstić information content (AvgIpc) is 3.17. The Morgan fingerprint density at radius 1 is 1.19 bits per heavy atom. The molecule has 27 heavy (non-hydrogen) atoms. The Kier molecular flexibility index (Phi) is 7.52. The molecule has 1 aromatic heterocycles. The highest BCUT2D eigenvalue weighted by atomic mass is 32.2. The number of amides is 1. The molecule has 0 aliphatic rings. The largest absolute Gasteiger partial charge is 0.452 e. The molecular formula is C18H22N2O5S2. The van der Waals surface area contributed by atoms with Crippen molar-refractivity contribution in [2.24, 2.45) is 0 Å². The zero-order valence-electron chi connectivity index (χ0n) is 15.1. The Labute approximate surface area is 162 Å². The number of aryl methyl sites for hydroxylation is 1. The van der Waals surface area contributed by atoms with Gasteiger partial charge in [0.05, 0.1) is 6.42 Å². The van der Waals surface area contributed by atoms with E-state index in [9.17, 15) is 18.0 Å². The lowest BCUT2D eigenvalue weighted by Gasteiger charge is -2.14. The van der Waals surface area contributed by atoms with Gasteiger partial charge < -0.3 is 10.1 Å². The van der Waals surface area contributed by atoms with Crippen molar-refractivity contribution in [2.75, 3.05) is 11.9 Å². The molecule has 0 spiro atoms. The number of rotatable bonds is 9. The average molecular weight is 411 g/mol. The van der Waals surface area contributed by atoms with Crippen molar-refractivity contribution in [3.8, 4) is 0 Å². The first-order chi connectivity index (χ1) is 12.8. The van der Waals surface area contributed by atoms with E-state index in [2.05, 4.69) is 10.0 Å². The van der Waals surface area contributed by atoms with Crippen molar-refractivity contribution in [3.63, 3.8) is 0 Å². The second-order valence-electron chi connectivity index (χ2n) is 5.75. The fourth-order valence-corrected chi connectivity index (χ4v) is 4.22. The number of thiophene rings is 1. The fraction of sp³-hybridized carbons (Fsp3) is 0.333. The van der Waals surface area contributed by atoms with E-state index in [1.54, 1.807) is 23.6 Å². The van der Waals surface area contributed by atoms with Crippen LogP contribution in [-0.2, 0) is 30.8 Å². The predicted molar refractivity (Wildman–Crippen MR) is 104 cm³/mol. The summed E-state index contributed by atoms with van der Waals surface area (Å²) in [6, 6.07) is 10.5. The first-order valence-corrected chi connectivity index (χ1v) is 10.8. The number of benzene rings is 1. The van der Waals surface area contributed by atoms with Crippen molar-refractivity contribution in [1.82, 2.24) is 4.72 Å². The number of carbonyl (C=O) groups excluding carboxylic acids is 2. The van der Waals surface area contributed by atoms with E-state index in [4.69, 9.17) is 4.74 Å². The number of anilines is 1. The number of sulfonamides is 1. The monoisotopic (exact) mass is 410 g/mol. The molecule has 146 valence electrons. The van der Waals surface area contributed by atoms with Gasteiger partial charge in [0.25, 0.3) is 5.91 Å². The van der Waals surface area contributed by atoms with E-state index in [0.717, 1.165) is 23.3 Å². The molecule has 0 bridgehead atoms. The molecular weight excluding hydrogens is 388 g/mol. The lowest BCUT2D eigenvalue weighted by atomic mass is 10.1. The zero-order valence-corrected chi connectivity index (χ0v) is 16.7. The molecule has 1 aromatic carbocycles. The fourth-order valence-electron chi connectivity index (χ4n) is 2.15. The summed E-state index contributed by atoms with van der Waals surface area (Å²) in [5, 5.41) is 4.32. The number of esters is 1. The Hall–Kier alpha value is -2.23.